The van der Waals surface area contributed by atoms with Crippen molar-refractivity contribution in [2.45, 2.75) is 309 Å². The van der Waals surface area contributed by atoms with Gasteiger partial charge >= 0.3 is 29.8 Å². The fraction of sp³-hybridized carbons (Fsp3) is 0.688. The fourth-order valence-corrected chi connectivity index (χ4v) is 11.0. The Morgan fingerprint density at radius 2 is 0.782 bits per heavy atom. The van der Waals surface area contributed by atoms with Crippen LogP contribution in [0.1, 0.15) is 273 Å². The summed E-state index contributed by atoms with van der Waals surface area (Å²) >= 11 is 0. The number of rotatable bonds is 54. The van der Waals surface area contributed by atoms with E-state index in [4.69, 9.17) is 28.4 Å². The predicted molar refractivity (Wildman–Crippen MR) is 392 cm³/mol. The molecule has 572 valence electrons. The molecular formula is C80H128N2O19. The molecule has 0 heterocycles. The number of esters is 4. The summed E-state index contributed by atoms with van der Waals surface area (Å²) in [5.74, 6) is -8.24. The van der Waals surface area contributed by atoms with Crippen LogP contribution in [0.3, 0.4) is 0 Å². The number of carboxylic acid groups (broad SMARTS) is 1. The lowest BCUT2D eigenvalue weighted by molar-refractivity contribution is -0.187. The summed E-state index contributed by atoms with van der Waals surface area (Å²) < 4.78 is 32.2. The number of carbonyl (C=O) groups excluding carboxylic acids is 8. The monoisotopic (exact) mass is 1420 g/mol. The number of benzene rings is 2. The average molecular weight is 1420 g/mol. The number of allylic oxidation sites excluding steroid dienone is 2. The van der Waals surface area contributed by atoms with E-state index in [1.54, 1.807) is 102 Å². The van der Waals surface area contributed by atoms with E-state index in [0.717, 1.165) is 102 Å². The van der Waals surface area contributed by atoms with Crippen LogP contribution in [0, 0.1) is 11.8 Å². The number of hydrogen-bond donors (Lipinski definition) is 6. The van der Waals surface area contributed by atoms with Crippen molar-refractivity contribution < 1.29 is 92.0 Å². The highest BCUT2D eigenvalue weighted by Crippen LogP contribution is 2.31. The number of carbonyl (C=O) groups is 9. The van der Waals surface area contributed by atoms with Crippen LogP contribution in [-0.2, 0) is 74.9 Å². The molecule has 0 aromatic heterocycles. The molecular weight excluding hydrogens is 1290 g/mol. The van der Waals surface area contributed by atoms with Crippen molar-refractivity contribution in [3.63, 3.8) is 0 Å². The lowest BCUT2D eigenvalue weighted by Crippen LogP contribution is -2.57. The number of methoxy groups -OCH3 is 2. The van der Waals surface area contributed by atoms with Crippen molar-refractivity contribution >= 4 is 53.2 Å². The molecule has 21 nitrogen and oxygen atoms in total. The molecule has 2 amide bonds. The van der Waals surface area contributed by atoms with Gasteiger partial charge in [-0.15, -0.1) is 0 Å². The molecule has 0 aliphatic carbocycles. The second-order valence-corrected chi connectivity index (χ2v) is 28.3. The maximum atomic E-state index is 13.9. The second kappa shape index (κ2) is 52.1. The van der Waals surface area contributed by atoms with Gasteiger partial charge in [0.05, 0.1) is 45.7 Å². The largest absolute Gasteiger partial charge is 0.494 e. The Hall–Kier alpha value is -6.97. The van der Waals surface area contributed by atoms with Crippen molar-refractivity contribution in [2.75, 3.05) is 34.0 Å². The molecule has 2 rings (SSSR count). The molecule has 0 fully saturated rings. The quantitative estimate of drug-likeness (QED) is 0.0155. The Morgan fingerprint density at radius 1 is 0.455 bits per heavy atom. The number of ether oxygens (including phenoxy) is 6. The van der Waals surface area contributed by atoms with E-state index in [9.17, 15) is 63.6 Å². The van der Waals surface area contributed by atoms with Gasteiger partial charge in [0, 0.05) is 51.6 Å². The second-order valence-electron chi connectivity index (χ2n) is 28.3. The van der Waals surface area contributed by atoms with Gasteiger partial charge in [0.1, 0.15) is 46.4 Å². The average Bonchev–Trinajstić information content (AvgIpc) is 0.799. The predicted octanol–water partition coefficient (Wildman–Crippen LogP) is 14.0. The molecule has 21 heteroatoms. The van der Waals surface area contributed by atoms with E-state index in [2.05, 4.69) is 38.3 Å². The van der Waals surface area contributed by atoms with Crippen LogP contribution in [0.5, 0.6) is 11.5 Å². The Labute approximate surface area is 603 Å². The first-order chi connectivity index (χ1) is 48.0. The van der Waals surface area contributed by atoms with Crippen LogP contribution >= 0.6 is 0 Å². The topological polar surface area (TPSA) is 314 Å². The van der Waals surface area contributed by atoms with Crippen LogP contribution in [0.2, 0.25) is 0 Å². The van der Waals surface area contributed by atoms with Crippen LogP contribution in [0.15, 0.2) is 72.8 Å². The molecule has 0 radical (unpaired) electrons. The van der Waals surface area contributed by atoms with E-state index in [-0.39, 0.29) is 12.8 Å². The number of carboxylic acids is 1. The first-order valence-electron chi connectivity index (χ1n) is 37.3. The number of amides is 2. The summed E-state index contributed by atoms with van der Waals surface area (Å²) in [5.41, 5.74) is -5.83. The standard InChI is InChI=1S/C40H63NO10.C40H65NO9/c1-7-9-11-14-17-20-31(42)21-18-15-12-13-16-19-22-33(40(48,29-35(43)44)38(47)51-39(3,4)5)36(45)41-34(37(46)49-6)28-30-23-25-32(26-24-30)50-27-10-8-2;1-7-9-11-14-17-20-32(43)21-18-15-12-13-16-19-22-34(40(47,27-28-42)38(46)50-39(3,4)5)36(44)41-35(37(45)48-6)30-31-23-25-33(26-24-31)49-29-10-8-2/h19,22-26,33-34,48H,7-18,20-21,27-29H2,1-6H3,(H,41,45)(H,43,44);19,22-26,34-35,42,47H,7-18,20-21,27-30H2,1-6H3,(H,41,44)/b2*22-19+/t33-,34+,40+;34-,35+,40+/m11/s1. The van der Waals surface area contributed by atoms with E-state index in [1.807, 2.05) is 0 Å². The van der Waals surface area contributed by atoms with Crippen molar-refractivity contribution in [3.05, 3.63) is 84.0 Å². The van der Waals surface area contributed by atoms with Crippen LogP contribution in [0.4, 0.5) is 0 Å². The zero-order valence-electron chi connectivity index (χ0n) is 63.4. The maximum Gasteiger partial charge on any atom is 0.340 e. The minimum Gasteiger partial charge on any atom is -0.494 e. The zero-order chi connectivity index (χ0) is 75.7. The number of aliphatic hydroxyl groups excluding tert-OH is 1. The van der Waals surface area contributed by atoms with E-state index in [0.29, 0.717) is 86.8 Å². The number of ketones is 2. The molecule has 0 bridgehead atoms. The van der Waals surface area contributed by atoms with Gasteiger partial charge in [0.2, 0.25) is 11.8 Å². The summed E-state index contributed by atoms with van der Waals surface area (Å²) in [5, 5.41) is 48.2. The number of hydrogen-bond acceptors (Lipinski definition) is 18. The van der Waals surface area contributed by atoms with E-state index < -0.39 is 107 Å². The number of nitrogens with one attached hydrogen (secondary N) is 2. The Kier molecular flexibility index (Phi) is 47.4. The Bertz CT molecular complexity index is 2770. The van der Waals surface area contributed by atoms with Gasteiger partial charge in [0.25, 0.3) is 0 Å². The molecule has 0 unspecified atom stereocenters. The summed E-state index contributed by atoms with van der Waals surface area (Å²) in [6, 6.07) is 11.9. The van der Waals surface area contributed by atoms with Gasteiger partial charge in [0.15, 0.2) is 11.2 Å². The van der Waals surface area contributed by atoms with Gasteiger partial charge < -0.3 is 59.5 Å². The Balaban J connectivity index is 0.00000101. The first-order valence-corrected chi connectivity index (χ1v) is 37.3. The zero-order valence-corrected chi connectivity index (χ0v) is 63.4. The summed E-state index contributed by atoms with van der Waals surface area (Å²) in [6.07, 6.45) is 29.8. The van der Waals surface area contributed by atoms with Crippen LogP contribution < -0.4 is 20.1 Å². The summed E-state index contributed by atoms with van der Waals surface area (Å²) in [7, 11) is 2.40. The van der Waals surface area contributed by atoms with E-state index in [1.165, 1.54) is 64.9 Å². The van der Waals surface area contributed by atoms with Crippen molar-refractivity contribution in [1.82, 2.24) is 10.6 Å². The highest BCUT2D eigenvalue weighted by molar-refractivity contribution is 5.96. The number of unbranched alkanes of at least 4 members (excludes halogenated alkanes) is 18. The molecule has 0 saturated heterocycles. The van der Waals surface area contributed by atoms with E-state index >= 15 is 0 Å². The van der Waals surface area contributed by atoms with Gasteiger partial charge in [-0.25, -0.2) is 19.2 Å². The lowest BCUT2D eigenvalue weighted by atomic mass is 9.82. The van der Waals surface area contributed by atoms with Crippen LogP contribution in [-0.4, -0.2) is 142 Å². The first kappa shape index (κ1) is 92.0. The van der Waals surface area contributed by atoms with Gasteiger partial charge in [-0.1, -0.05) is 166 Å². The SMILES string of the molecule is CCCCCCCC(=O)CCCCCC/C=C/[C@H](C(=O)N[C@@H](Cc1ccc(OCCCC)cc1)C(=O)OC)[C@@](O)(CC(=O)O)C(=O)OC(C)(C)C.CCCCCCCC(=O)CCCCCC/C=C/[C@H](C(=O)N[C@@H](Cc1ccc(OCCCC)cc1)C(=O)OC)[C@@](O)(CCO)C(=O)OC(C)(C)C. The van der Waals surface area contributed by atoms with Crippen molar-refractivity contribution in [1.29, 1.82) is 0 Å². The van der Waals surface area contributed by atoms with Gasteiger partial charge in [-0.3, -0.25) is 24.0 Å². The number of Topliss-reactive ketones (excluding diaryl/α,β-unsaturated/α-hetero) is 2. The number of aliphatic carboxylic acids is 1. The van der Waals surface area contributed by atoms with Crippen molar-refractivity contribution in [3.8, 4) is 11.5 Å². The smallest absolute Gasteiger partial charge is 0.340 e. The van der Waals surface area contributed by atoms with Gasteiger partial charge in [-0.05, 0) is 141 Å². The van der Waals surface area contributed by atoms with Gasteiger partial charge in [-0.2, -0.15) is 0 Å². The normalized spacial score (nSPS) is 14.0. The number of aliphatic hydroxyl groups is 3. The molecule has 0 spiro atoms. The molecule has 0 saturated carbocycles. The highest BCUT2D eigenvalue weighted by Gasteiger charge is 2.52. The molecule has 2 aromatic rings. The molecule has 0 aliphatic rings. The fourth-order valence-electron chi connectivity index (χ4n) is 11.0. The van der Waals surface area contributed by atoms with Crippen LogP contribution in [0.25, 0.3) is 0 Å². The lowest BCUT2D eigenvalue weighted by Gasteiger charge is -2.34. The molecule has 6 N–H and O–H groups in total. The summed E-state index contributed by atoms with van der Waals surface area (Å²) in [6.45, 7) is 18.7. The third kappa shape index (κ3) is 40.5. The molecule has 101 heavy (non-hydrogen) atoms. The Morgan fingerprint density at radius 3 is 1.10 bits per heavy atom. The maximum absolute atomic E-state index is 13.9. The highest BCUT2D eigenvalue weighted by atomic mass is 16.6. The molecule has 6 atom stereocenters. The molecule has 0 aliphatic heterocycles. The minimum atomic E-state index is -2.78. The summed E-state index contributed by atoms with van der Waals surface area (Å²) in [4.78, 5) is 116. The minimum absolute atomic E-state index is 0.0231. The van der Waals surface area contributed by atoms with Crippen molar-refractivity contribution in [2.24, 2.45) is 11.8 Å². The third-order valence-corrected chi connectivity index (χ3v) is 16.8. The molecule has 2 aromatic carbocycles. The third-order valence-electron chi connectivity index (χ3n) is 16.8.